The minimum Gasteiger partial charge on any atom is -0.478 e. The number of methoxy groups -OCH3 is 2. The van der Waals surface area contributed by atoms with Crippen molar-refractivity contribution >= 4 is 115 Å². The summed E-state index contributed by atoms with van der Waals surface area (Å²) in [7, 11) is 1.23. The van der Waals surface area contributed by atoms with Crippen molar-refractivity contribution in [1.82, 2.24) is 46.8 Å². The second-order valence-corrected chi connectivity index (χ2v) is 24.0. The van der Waals surface area contributed by atoms with Crippen LogP contribution >= 0.6 is 15.9 Å². The van der Waals surface area contributed by atoms with Gasteiger partial charge in [-0.15, -0.1) is 0 Å². The Morgan fingerprint density at radius 2 is 0.732 bits per heavy atom. The lowest BCUT2D eigenvalue weighted by atomic mass is 9.80. The van der Waals surface area contributed by atoms with Crippen molar-refractivity contribution in [2.45, 2.75) is 26.7 Å². The molecule has 0 aliphatic rings. The van der Waals surface area contributed by atoms with Gasteiger partial charge in [0, 0.05) is 118 Å². The number of aromatic nitrogens is 6. The predicted octanol–water partition coefficient (Wildman–Crippen LogP) is 9.44. The largest absolute Gasteiger partial charge is 0.488 e. The molecule has 28 nitrogen and oxygen atoms in total. The summed E-state index contributed by atoms with van der Waals surface area (Å²) >= 11 is 3.40. The number of carboxylic acid groups (broad SMARTS) is 1. The third-order valence-corrected chi connectivity index (χ3v) is 16.9. The summed E-state index contributed by atoms with van der Waals surface area (Å²) in [6.45, 7) is 7.22. The molecule has 31 heteroatoms. The SMILES string of the molecule is C#N.CCC(=O)c1ccc(-c2ccc(-c3cc(C(=O)NN)c4cnccc4n3)cc2)cc1.CCC(=O)c1ccc(-c2ccc(-c3cc(C(=O)OC)c4cnccc4n3)cc2)cc1.CNC(=O)c1ccc(B(O)O)cc1.COC(=O)c1cc(-c2ccc(Br)cc2)nc2ccncc12.N.NN.O.O=C(O)c1ccc(B(O)O)cc1. The molecule has 7 aromatic carbocycles. The number of aromatic carboxylic acids is 1. The molecule has 112 heavy (non-hydrogen) atoms. The number of nitrogen functional groups attached to an aromatic ring is 1. The summed E-state index contributed by atoms with van der Waals surface area (Å²) in [4.78, 5) is 108. The van der Waals surface area contributed by atoms with Crippen molar-refractivity contribution in [2.75, 3.05) is 21.3 Å². The van der Waals surface area contributed by atoms with E-state index in [0.29, 0.717) is 84.7 Å². The number of ether oxygens (including phenoxy) is 2. The number of hydrazine groups is 2. The number of carbonyl (C=O) groups excluding carboxylic acids is 6. The fourth-order valence-corrected chi connectivity index (χ4v) is 10.9. The van der Waals surface area contributed by atoms with Crippen molar-refractivity contribution in [3.8, 4) is 62.6 Å². The number of amides is 2. The molecule has 6 heterocycles. The number of nitriles is 1. The number of nitrogens with zero attached hydrogens (tertiary/aromatic N) is 7. The molecule has 0 saturated heterocycles. The molecule has 13 aromatic rings. The molecular weight excluding hydrogens is 1500 g/mol. The summed E-state index contributed by atoms with van der Waals surface area (Å²) in [5.41, 5.74) is 17.2. The van der Waals surface area contributed by atoms with E-state index < -0.39 is 38.1 Å². The first kappa shape index (κ1) is 89.3. The van der Waals surface area contributed by atoms with Gasteiger partial charge in [0.05, 0.1) is 70.1 Å². The number of rotatable bonds is 16. The van der Waals surface area contributed by atoms with Gasteiger partial charge in [-0.05, 0) is 106 Å². The average Bonchev–Trinajstić information content (AvgIpc) is 0.798. The monoisotopic (exact) mass is 1570 g/mol. The van der Waals surface area contributed by atoms with E-state index in [1.807, 2.05) is 135 Å². The van der Waals surface area contributed by atoms with Crippen LogP contribution in [0.25, 0.3) is 88.7 Å². The van der Waals surface area contributed by atoms with Crippen molar-refractivity contribution < 1.29 is 73.7 Å². The molecule has 0 aliphatic carbocycles. The fraction of sp³-hybridized carbons (Fsp3) is 0.0864. The molecule has 0 aliphatic heterocycles. The zero-order chi connectivity index (χ0) is 80.0. The molecule has 6 aromatic heterocycles. The van der Waals surface area contributed by atoms with E-state index in [0.717, 1.165) is 60.2 Å². The van der Waals surface area contributed by atoms with E-state index in [2.05, 4.69) is 74.8 Å². The Morgan fingerprint density at radius 1 is 0.446 bits per heavy atom. The topological polar surface area (TPSA) is 509 Å². The molecule has 18 N–H and O–H groups in total. The first-order valence-corrected chi connectivity index (χ1v) is 34.1. The summed E-state index contributed by atoms with van der Waals surface area (Å²) in [5.74, 6) is 11.2. The quantitative estimate of drug-likeness (QED) is 0.0107. The molecule has 0 atom stereocenters. The van der Waals surface area contributed by atoms with Gasteiger partial charge in [-0.1, -0.05) is 163 Å². The number of esters is 2. The van der Waals surface area contributed by atoms with Crippen LogP contribution in [0.15, 0.2) is 248 Å². The standard InChI is InChI=1S/C25H20N2O3.C24H20N4O2.C16H11BrN2O2.C8H10BNO3.C7H7BO4.CHN.H4N2.H3N.H2O/c1-3-24(28)19-10-6-17(7-11-19)16-4-8-18(9-5-16)23-14-20(25(29)30-2)21-15-26-13-12-22(21)27-23;1-2-23(29)18-9-5-16(6-10-18)15-3-7-17(8-4-15)22-13-19(24(30)28-25)20-14-26-12-11-21(20)27-22;1-21-16(20)12-8-15(10-2-4-11(17)5-3-10)19-14-6-7-18-9-13(12)14;1-10-8(11)6-2-4-7(5-3-6)9(12)13;9-7(10)5-1-3-6(4-2-5)8(11)12;2*1-2;;/h4-15H,3H2,1-2H3;3-14H,2,25H2,1H3,(H,28,30);2-9H,1H3;2-5,12-13H,1H3,(H,10,11);1-4,11-12H,(H,9,10);1H;1-2H2;1H3;1H2. The molecule has 570 valence electrons. The molecule has 0 saturated carbocycles. The lowest BCUT2D eigenvalue weighted by Crippen LogP contribution is -2.30. The van der Waals surface area contributed by atoms with Gasteiger partial charge in [0.25, 0.3) is 11.8 Å². The zero-order valence-electron chi connectivity index (χ0n) is 61.1. The Kier molecular flexibility index (Phi) is 35.2. The predicted molar refractivity (Wildman–Crippen MR) is 434 cm³/mol. The van der Waals surface area contributed by atoms with E-state index in [4.69, 9.17) is 45.8 Å². The Morgan fingerprint density at radius 3 is 1.03 bits per heavy atom. The van der Waals surface area contributed by atoms with E-state index in [1.54, 1.807) is 73.6 Å². The first-order valence-electron chi connectivity index (χ1n) is 33.3. The van der Waals surface area contributed by atoms with E-state index in [9.17, 15) is 33.6 Å². The van der Waals surface area contributed by atoms with Gasteiger partial charge in [-0.3, -0.25) is 51.2 Å². The molecule has 0 spiro atoms. The third kappa shape index (κ3) is 23.6. The van der Waals surface area contributed by atoms with Crippen molar-refractivity contribution in [1.29, 1.82) is 5.26 Å². The molecule has 0 fully saturated rings. The Bertz CT molecular complexity index is 5170. The molecule has 0 radical (unpaired) electrons. The van der Waals surface area contributed by atoms with Crippen LogP contribution < -0.4 is 45.3 Å². The highest BCUT2D eigenvalue weighted by Gasteiger charge is 2.19. The number of halogens is 1. The van der Waals surface area contributed by atoms with E-state index >= 15 is 0 Å². The minimum absolute atomic E-state index is 0. The van der Waals surface area contributed by atoms with Crippen LogP contribution in [0, 0.1) is 11.8 Å². The van der Waals surface area contributed by atoms with Crippen molar-refractivity contribution in [3.63, 3.8) is 0 Å². The first-order chi connectivity index (χ1) is 53.1. The van der Waals surface area contributed by atoms with Gasteiger partial charge in [0.2, 0.25) is 0 Å². The number of nitrogens with one attached hydrogen (secondary N) is 2. The Labute approximate surface area is 652 Å². The normalized spacial score (nSPS) is 9.92. The van der Waals surface area contributed by atoms with Crippen LogP contribution in [0.1, 0.15) is 99.2 Å². The highest BCUT2D eigenvalue weighted by molar-refractivity contribution is 9.10. The molecule has 0 bridgehead atoms. The number of pyridine rings is 6. The lowest BCUT2D eigenvalue weighted by Gasteiger charge is -2.09. The van der Waals surface area contributed by atoms with Crippen LogP contribution in [-0.4, -0.2) is 137 Å². The number of Topliss-reactive ketones (excluding diaryl/α,β-unsaturated/α-hetero) is 2. The van der Waals surface area contributed by atoms with Gasteiger partial charge >= 0.3 is 32.1 Å². The number of carboxylic acids is 1. The van der Waals surface area contributed by atoms with Crippen LogP contribution in [0.2, 0.25) is 0 Å². The van der Waals surface area contributed by atoms with Crippen LogP contribution in [0.4, 0.5) is 0 Å². The number of ketones is 2. The molecule has 13 rings (SSSR count). The Balaban J connectivity index is 0.000000257. The minimum atomic E-state index is -1.55. The molecular formula is C81H78B2BrN13O15. The van der Waals surface area contributed by atoms with Gasteiger partial charge in [0.15, 0.2) is 11.6 Å². The highest BCUT2D eigenvalue weighted by Crippen LogP contribution is 2.31. The lowest BCUT2D eigenvalue weighted by molar-refractivity contribution is 0.0594. The third-order valence-electron chi connectivity index (χ3n) is 16.4. The number of nitrogens with two attached hydrogens (primary N) is 3. The van der Waals surface area contributed by atoms with Crippen LogP contribution in [-0.2, 0) is 9.47 Å². The van der Waals surface area contributed by atoms with E-state index in [-0.39, 0.29) is 40.1 Å². The number of hydrogen-bond acceptors (Lipinski definition) is 24. The summed E-state index contributed by atoms with van der Waals surface area (Å²) < 4.78 is 10.8. The summed E-state index contributed by atoms with van der Waals surface area (Å²) in [6, 6.07) is 60.7. The molecule has 0 unspecified atom stereocenters. The molecule has 2 amide bonds. The van der Waals surface area contributed by atoms with Crippen molar-refractivity contribution in [3.05, 3.63) is 287 Å². The number of benzene rings is 7. The van der Waals surface area contributed by atoms with Gasteiger partial charge in [-0.2, -0.15) is 0 Å². The van der Waals surface area contributed by atoms with E-state index in [1.165, 1.54) is 69.8 Å². The maximum atomic E-state index is 12.2. The maximum absolute atomic E-state index is 12.2. The van der Waals surface area contributed by atoms with Crippen LogP contribution in [0.3, 0.4) is 0 Å². The highest BCUT2D eigenvalue weighted by atomic mass is 79.9. The van der Waals surface area contributed by atoms with Gasteiger partial charge < -0.3 is 51.6 Å². The number of carbonyl (C=O) groups is 7. The maximum Gasteiger partial charge on any atom is 0.488 e. The van der Waals surface area contributed by atoms with Gasteiger partial charge in [0.1, 0.15) is 0 Å². The smallest absolute Gasteiger partial charge is 0.478 e. The fourth-order valence-electron chi connectivity index (χ4n) is 10.6. The average molecular weight is 1580 g/mol. The number of hydrogen-bond donors (Lipinski definition) is 11. The van der Waals surface area contributed by atoms with Crippen molar-refractivity contribution in [2.24, 2.45) is 17.5 Å². The zero-order valence-corrected chi connectivity index (χ0v) is 62.7. The number of fused-ring (bicyclic) bond motifs is 3. The summed E-state index contributed by atoms with van der Waals surface area (Å²) in [5, 5.41) is 54.3. The summed E-state index contributed by atoms with van der Waals surface area (Å²) in [6.07, 6.45) is 10.8. The second kappa shape index (κ2) is 44.2. The second-order valence-electron chi connectivity index (χ2n) is 23.0. The Hall–Kier alpha value is -13.4. The van der Waals surface area contributed by atoms with Crippen LogP contribution in [0.5, 0.6) is 0 Å². The van der Waals surface area contributed by atoms with Gasteiger partial charge in [-0.25, -0.2) is 40.4 Å².